The molecule has 28 heavy (non-hydrogen) atoms. The summed E-state index contributed by atoms with van der Waals surface area (Å²) in [4.78, 5) is 5.18. The third kappa shape index (κ3) is 3.14. The van der Waals surface area contributed by atoms with Crippen LogP contribution in [0, 0.1) is 0 Å². The number of hydrogen-bond acceptors (Lipinski definition) is 3. The van der Waals surface area contributed by atoms with E-state index in [1.807, 2.05) is 50.3 Å². The minimum absolute atomic E-state index is 0.284. The topological polar surface area (TPSA) is 49.7 Å². The molecule has 2 aromatic rings. The molecule has 2 aliphatic heterocycles. The molecule has 0 aliphatic carbocycles. The van der Waals surface area contributed by atoms with Gasteiger partial charge in [-0.3, -0.25) is 9.30 Å². The van der Waals surface area contributed by atoms with E-state index in [9.17, 15) is 8.42 Å². The molecule has 0 amide bonds. The quantitative estimate of drug-likeness (QED) is 0.648. The van der Waals surface area contributed by atoms with Crippen molar-refractivity contribution >= 4 is 37.7 Å². The minimum Gasteiger partial charge on any atom is -0.273 e. The lowest BCUT2D eigenvalue weighted by Crippen LogP contribution is -2.32. The zero-order valence-electron chi connectivity index (χ0n) is 15.8. The maximum Gasteiger partial charge on any atom is 0.264 e. The fourth-order valence-corrected chi connectivity index (χ4v) is 5.76. The van der Waals surface area contributed by atoms with Gasteiger partial charge in [0.1, 0.15) is 5.54 Å². The fourth-order valence-electron chi connectivity index (χ4n) is 3.97. The van der Waals surface area contributed by atoms with E-state index in [-0.39, 0.29) is 4.90 Å². The van der Waals surface area contributed by atoms with Gasteiger partial charge in [-0.15, -0.1) is 0 Å². The van der Waals surface area contributed by atoms with E-state index in [0.29, 0.717) is 18.7 Å². The van der Waals surface area contributed by atoms with Gasteiger partial charge in [0.2, 0.25) is 0 Å². The van der Waals surface area contributed by atoms with Crippen molar-refractivity contribution in [1.29, 1.82) is 0 Å². The number of halogens is 1. The summed E-state index contributed by atoms with van der Waals surface area (Å²) in [5.74, 6) is 0. The van der Waals surface area contributed by atoms with Gasteiger partial charge >= 0.3 is 0 Å². The highest BCUT2D eigenvalue weighted by Crippen LogP contribution is 2.47. The largest absolute Gasteiger partial charge is 0.273 e. The molecular formula is C22H21BrN2O2S. The van der Waals surface area contributed by atoms with Crippen molar-refractivity contribution in [3.05, 3.63) is 82.0 Å². The van der Waals surface area contributed by atoms with Crippen molar-refractivity contribution in [3.8, 4) is 0 Å². The number of allylic oxidation sites excluding steroid dienone is 1. The second-order valence-electron chi connectivity index (χ2n) is 7.16. The third-order valence-electron chi connectivity index (χ3n) is 5.32. The van der Waals surface area contributed by atoms with Crippen LogP contribution in [-0.2, 0) is 10.0 Å². The summed E-state index contributed by atoms with van der Waals surface area (Å²) in [6.07, 6.45) is 4.65. The predicted molar refractivity (Wildman–Crippen MR) is 117 cm³/mol. The molecule has 0 saturated carbocycles. The molecule has 4 nitrogen and oxygen atoms in total. The average molecular weight is 457 g/mol. The van der Waals surface area contributed by atoms with Gasteiger partial charge in [0.25, 0.3) is 10.0 Å². The summed E-state index contributed by atoms with van der Waals surface area (Å²) in [7, 11) is -3.68. The number of sulfonamides is 1. The zero-order valence-corrected chi connectivity index (χ0v) is 18.2. The summed E-state index contributed by atoms with van der Waals surface area (Å²) < 4.78 is 29.3. The first-order valence-corrected chi connectivity index (χ1v) is 11.4. The number of nitrogens with zero attached hydrogens (tertiary/aromatic N) is 2. The van der Waals surface area contributed by atoms with Crippen LogP contribution < -0.4 is 0 Å². The molecule has 1 atom stereocenters. The van der Waals surface area contributed by atoms with Crippen LogP contribution in [0.2, 0.25) is 0 Å². The van der Waals surface area contributed by atoms with Gasteiger partial charge in [0, 0.05) is 23.1 Å². The summed E-state index contributed by atoms with van der Waals surface area (Å²) in [5, 5.41) is 0. The Morgan fingerprint density at radius 3 is 2.36 bits per heavy atom. The SMILES string of the molecule is CC1=CC(C)=N[C@]12CCN(S(=O)(=O)c1ccc(Br)cc1)/C2=C/c1ccccc1. The highest BCUT2D eigenvalue weighted by atomic mass is 79.9. The Morgan fingerprint density at radius 2 is 1.75 bits per heavy atom. The highest BCUT2D eigenvalue weighted by Gasteiger charge is 2.49. The summed E-state index contributed by atoms with van der Waals surface area (Å²) in [5.41, 5.74) is 3.08. The predicted octanol–water partition coefficient (Wildman–Crippen LogP) is 5.04. The first-order valence-electron chi connectivity index (χ1n) is 9.14. The number of rotatable bonds is 3. The molecule has 1 saturated heterocycles. The van der Waals surface area contributed by atoms with E-state index >= 15 is 0 Å². The number of benzene rings is 2. The van der Waals surface area contributed by atoms with Gasteiger partial charge in [-0.05, 0) is 61.4 Å². The normalized spacial score (nSPS) is 23.4. The standard InChI is InChI=1S/C22H21BrN2O2S/c1-16-14-17(2)24-22(16)12-13-25(21(22)15-18-6-4-3-5-7-18)28(26,27)20-10-8-19(23)9-11-20/h3-11,14-15H,12-13H2,1-2H3/b21-15+/t22-/m1/s1. The van der Waals surface area contributed by atoms with E-state index in [0.717, 1.165) is 21.3 Å². The van der Waals surface area contributed by atoms with Gasteiger partial charge in [0.15, 0.2) is 0 Å². The van der Waals surface area contributed by atoms with Gasteiger partial charge in [-0.2, -0.15) is 0 Å². The first kappa shape index (κ1) is 19.2. The van der Waals surface area contributed by atoms with Crippen LogP contribution in [0.4, 0.5) is 0 Å². The average Bonchev–Trinajstić information content (AvgIpc) is 3.16. The van der Waals surface area contributed by atoms with Crippen molar-refractivity contribution in [2.45, 2.75) is 30.7 Å². The van der Waals surface area contributed by atoms with E-state index < -0.39 is 15.6 Å². The zero-order chi connectivity index (χ0) is 19.9. The maximum absolute atomic E-state index is 13.5. The molecule has 6 heteroatoms. The fraction of sp³-hybridized carbons (Fsp3) is 0.227. The van der Waals surface area contributed by atoms with Crippen molar-refractivity contribution in [1.82, 2.24) is 4.31 Å². The van der Waals surface area contributed by atoms with E-state index in [1.54, 1.807) is 24.3 Å². The maximum atomic E-state index is 13.5. The van der Waals surface area contributed by atoms with E-state index in [1.165, 1.54) is 4.31 Å². The summed E-state index contributed by atoms with van der Waals surface area (Å²) in [6, 6.07) is 16.6. The summed E-state index contributed by atoms with van der Waals surface area (Å²) >= 11 is 3.37. The van der Waals surface area contributed by atoms with Crippen molar-refractivity contribution < 1.29 is 8.42 Å². The molecule has 4 rings (SSSR count). The van der Waals surface area contributed by atoms with E-state index in [4.69, 9.17) is 4.99 Å². The van der Waals surface area contributed by atoms with Gasteiger partial charge in [0.05, 0.1) is 10.6 Å². The molecule has 1 spiro atoms. The lowest BCUT2D eigenvalue weighted by atomic mass is 9.88. The lowest BCUT2D eigenvalue weighted by molar-refractivity contribution is 0.509. The van der Waals surface area contributed by atoms with Crippen molar-refractivity contribution in [2.75, 3.05) is 6.54 Å². The minimum atomic E-state index is -3.68. The van der Waals surface area contributed by atoms with Gasteiger partial charge in [-0.1, -0.05) is 46.3 Å². The van der Waals surface area contributed by atoms with Crippen molar-refractivity contribution in [2.24, 2.45) is 4.99 Å². The molecule has 2 aliphatic rings. The molecule has 0 bridgehead atoms. The molecule has 0 radical (unpaired) electrons. The molecule has 144 valence electrons. The van der Waals surface area contributed by atoms with Crippen LogP contribution in [0.1, 0.15) is 25.8 Å². The Hall–Kier alpha value is -2.18. The molecule has 0 aromatic heterocycles. The van der Waals surface area contributed by atoms with Crippen LogP contribution in [0.15, 0.2) is 86.3 Å². The Bertz CT molecular complexity index is 1100. The number of hydrogen-bond donors (Lipinski definition) is 0. The Kier molecular flexibility index (Phi) is 4.79. The van der Waals surface area contributed by atoms with Gasteiger partial charge in [-0.25, -0.2) is 8.42 Å². The number of aliphatic imine (C=N–C) groups is 1. The highest BCUT2D eigenvalue weighted by molar-refractivity contribution is 9.10. The van der Waals surface area contributed by atoms with Crippen LogP contribution >= 0.6 is 15.9 Å². The molecule has 0 unspecified atom stereocenters. The first-order chi connectivity index (χ1) is 13.3. The third-order valence-corrected chi connectivity index (χ3v) is 7.67. The molecule has 0 N–H and O–H groups in total. The van der Waals surface area contributed by atoms with Crippen LogP contribution in [0.25, 0.3) is 6.08 Å². The van der Waals surface area contributed by atoms with Crippen LogP contribution in [0.3, 0.4) is 0 Å². The van der Waals surface area contributed by atoms with E-state index in [2.05, 4.69) is 22.0 Å². The molecule has 2 heterocycles. The van der Waals surface area contributed by atoms with Crippen LogP contribution in [0.5, 0.6) is 0 Å². The second kappa shape index (κ2) is 7.01. The smallest absolute Gasteiger partial charge is 0.264 e. The van der Waals surface area contributed by atoms with Gasteiger partial charge < -0.3 is 0 Å². The molecular weight excluding hydrogens is 436 g/mol. The molecule has 2 aromatic carbocycles. The summed E-state index contributed by atoms with van der Waals surface area (Å²) in [6.45, 7) is 4.40. The van der Waals surface area contributed by atoms with Crippen molar-refractivity contribution in [3.63, 3.8) is 0 Å². The second-order valence-corrected chi connectivity index (χ2v) is 9.94. The lowest BCUT2D eigenvalue weighted by Gasteiger charge is -2.28. The monoisotopic (exact) mass is 456 g/mol. The Morgan fingerprint density at radius 1 is 1.07 bits per heavy atom. The van der Waals surface area contributed by atoms with Crippen LogP contribution in [-0.4, -0.2) is 30.5 Å². The Balaban J connectivity index is 1.87. The Labute approximate surface area is 174 Å². The molecule has 1 fully saturated rings.